The second-order valence-electron chi connectivity index (χ2n) is 4.49. The van der Waals surface area contributed by atoms with Crippen LogP contribution in [0.25, 0.3) is 0 Å². The second-order valence-corrected chi connectivity index (χ2v) is 5.35. The van der Waals surface area contributed by atoms with Crippen molar-refractivity contribution in [1.29, 1.82) is 0 Å². The van der Waals surface area contributed by atoms with Gasteiger partial charge in [0.25, 0.3) is 0 Å². The number of halogens is 2. The summed E-state index contributed by atoms with van der Waals surface area (Å²) in [4.78, 5) is 1.79. The molecule has 16 heavy (non-hydrogen) atoms. The van der Waals surface area contributed by atoms with E-state index in [1.807, 2.05) is 0 Å². The first-order chi connectivity index (χ1) is 7.20. The van der Waals surface area contributed by atoms with Gasteiger partial charge in [0.05, 0.1) is 21.4 Å². The van der Waals surface area contributed by atoms with E-state index in [4.69, 9.17) is 5.73 Å². The average Bonchev–Trinajstić information content (AvgIpc) is 2.08. The zero-order valence-electron chi connectivity index (χ0n) is 9.59. The van der Waals surface area contributed by atoms with Crippen molar-refractivity contribution in [2.75, 3.05) is 24.2 Å². The Morgan fingerprint density at radius 3 is 2.56 bits per heavy atom. The van der Waals surface area contributed by atoms with Gasteiger partial charge in [0.2, 0.25) is 0 Å². The van der Waals surface area contributed by atoms with Gasteiger partial charge in [-0.3, -0.25) is 0 Å². The van der Waals surface area contributed by atoms with Crippen molar-refractivity contribution in [2.24, 2.45) is 0 Å². The number of hydrogen-bond donors (Lipinski definition) is 2. The maximum absolute atomic E-state index is 13.2. The molecule has 0 unspecified atom stereocenters. The maximum Gasteiger partial charge on any atom is 0.139 e. The maximum atomic E-state index is 13.2. The van der Waals surface area contributed by atoms with Gasteiger partial charge in [-0.15, -0.1) is 0 Å². The number of hydrogen-bond acceptors (Lipinski definition) is 3. The number of anilines is 2. The minimum Gasteiger partial charge on any atom is -0.397 e. The zero-order chi connectivity index (χ0) is 12.5. The lowest BCUT2D eigenvalue weighted by atomic mass is 10.1. The molecule has 0 aliphatic rings. The van der Waals surface area contributed by atoms with Gasteiger partial charge in [0, 0.05) is 19.7 Å². The van der Waals surface area contributed by atoms with Crippen LogP contribution in [-0.2, 0) is 0 Å². The van der Waals surface area contributed by atoms with Crippen molar-refractivity contribution < 1.29 is 9.50 Å². The molecule has 0 saturated carbocycles. The second kappa shape index (κ2) is 4.59. The summed E-state index contributed by atoms with van der Waals surface area (Å²) in [5.41, 5.74) is 5.94. The number of aliphatic hydroxyl groups is 1. The van der Waals surface area contributed by atoms with Crippen LogP contribution < -0.4 is 10.6 Å². The summed E-state index contributed by atoms with van der Waals surface area (Å²) < 4.78 is 13.5. The summed E-state index contributed by atoms with van der Waals surface area (Å²) in [6.45, 7) is 3.83. The van der Waals surface area contributed by atoms with Crippen LogP contribution in [0.2, 0.25) is 0 Å². The van der Waals surface area contributed by atoms with E-state index in [1.165, 1.54) is 6.07 Å². The third kappa shape index (κ3) is 3.35. The molecule has 0 heterocycles. The lowest BCUT2D eigenvalue weighted by molar-refractivity contribution is 0.0886. The smallest absolute Gasteiger partial charge is 0.139 e. The Kier molecular flexibility index (Phi) is 3.80. The van der Waals surface area contributed by atoms with E-state index >= 15 is 0 Å². The highest BCUT2D eigenvalue weighted by molar-refractivity contribution is 9.10. The summed E-state index contributed by atoms with van der Waals surface area (Å²) in [5, 5.41) is 9.70. The lowest BCUT2D eigenvalue weighted by Gasteiger charge is -2.28. The Balaban J connectivity index is 3.00. The van der Waals surface area contributed by atoms with Crippen LogP contribution in [0.15, 0.2) is 16.6 Å². The summed E-state index contributed by atoms with van der Waals surface area (Å²) in [5.74, 6) is -0.391. The molecule has 1 rings (SSSR count). The van der Waals surface area contributed by atoms with Gasteiger partial charge in [-0.05, 0) is 35.8 Å². The molecule has 0 aliphatic heterocycles. The van der Waals surface area contributed by atoms with Crippen molar-refractivity contribution in [3.8, 4) is 0 Å². The highest BCUT2D eigenvalue weighted by Gasteiger charge is 2.18. The highest BCUT2D eigenvalue weighted by atomic mass is 79.9. The molecule has 3 N–H and O–H groups in total. The Hall–Kier alpha value is -0.810. The first-order valence-corrected chi connectivity index (χ1v) is 5.68. The third-order valence-corrected chi connectivity index (χ3v) is 2.71. The van der Waals surface area contributed by atoms with Gasteiger partial charge in [-0.1, -0.05) is 0 Å². The number of rotatable bonds is 3. The number of likely N-dealkylation sites (N-methyl/N-ethyl adjacent to an activating group) is 1. The first-order valence-electron chi connectivity index (χ1n) is 4.89. The van der Waals surface area contributed by atoms with Gasteiger partial charge < -0.3 is 15.7 Å². The predicted octanol–water partition coefficient (Wildman–Crippen LogP) is 2.38. The Morgan fingerprint density at radius 2 is 2.06 bits per heavy atom. The minimum absolute atomic E-state index is 0.354. The molecule has 0 bridgehead atoms. The van der Waals surface area contributed by atoms with Crippen LogP contribution >= 0.6 is 15.9 Å². The number of nitrogens with two attached hydrogens (primary N) is 1. The van der Waals surface area contributed by atoms with E-state index in [9.17, 15) is 9.50 Å². The fourth-order valence-corrected chi connectivity index (χ4v) is 1.88. The van der Waals surface area contributed by atoms with Gasteiger partial charge in [-0.25, -0.2) is 4.39 Å². The molecular weight excluding hydrogens is 275 g/mol. The van der Waals surface area contributed by atoms with Crippen LogP contribution in [-0.4, -0.2) is 24.3 Å². The first kappa shape index (κ1) is 13.3. The number of benzene rings is 1. The standard InChI is InChI=1S/C11H16BrFN2O/c1-11(2,16)6-15(3)10-4-7(12)8(13)5-9(10)14/h4-5,16H,6,14H2,1-3H3. The Bertz CT molecular complexity index is 390. The Labute approximate surface area is 103 Å². The van der Waals surface area contributed by atoms with Crippen LogP contribution in [0.1, 0.15) is 13.8 Å². The molecule has 0 radical (unpaired) electrons. The third-order valence-electron chi connectivity index (χ3n) is 2.10. The van der Waals surface area contributed by atoms with E-state index in [0.717, 1.165) is 0 Å². The van der Waals surface area contributed by atoms with Crippen LogP contribution in [0.4, 0.5) is 15.8 Å². The fourth-order valence-electron chi connectivity index (χ4n) is 1.55. The van der Waals surface area contributed by atoms with Gasteiger partial charge in [0.15, 0.2) is 0 Å². The molecule has 0 aromatic heterocycles. The van der Waals surface area contributed by atoms with Crippen molar-refractivity contribution in [2.45, 2.75) is 19.4 Å². The van der Waals surface area contributed by atoms with E-state index in [2.05, 4.69) is 15.9 Å². The van der Waals surface area contributed by atoms with Crippen LogP contribution in [0.3, 0.4) is 0 Å². The molecule has 3 nitrogen and oxygen atoms in total. The molecule has 0 fully saturated rings. The van der Waals surface area contributed by atoms with Gasteiger partial charge in [-0.2, -0.15) is 0 Å². The molecule has 0 spiro atoms. The van der Waals surface area contributed by atoms with E-state index in [-0.39, 0.29) is 0 Å². The monoisotopic (exact) mass is 290 g/mol. The van der Waals surface area contributed by atoms with Crippen LogP contribution in [0, 0.1) is 5.82 Å². The van der Waals surface area contributed by atoms with Gasteiger partial charge in [0.1, 0.15) is 5.82 Å². The lowest BCUT2D eigenvalue weighted by Crippen LogP contribution is -2.36. The molecule has 0 aliphatic carbocycles. The van der Waals surface area contributed by atoms with E-state index < -0.39 is 11.4 Å². The average molecular weight is 291 g/mol. The highest BCUT2D eigenvalue weighted by Crippen LogP contribution is 2.29. The topological polar surface area (TPSA) is 49.5 Å². The Morgan fingerprint density at radius 1 is 1.50 bits per heavy atom. The molecule has 1 aromatic carbocycles. The molecule has 0 saturated heterocycles. The van der Waals surface area contributed by atoms with Crippen molar-refractivity contribution in [3.05, 3.63) is 22.4 Å². The molecule has 0 amide bonds. The molecule has 1 aromatic rings. The predicted molar refractivity (Wildman–Crippen MR) is 68.1 cm³/mol. The number of nitrogens with zero attached hydrogens (tertiary/aromatic N) is 1. The summed E-state index contributed by atoms with van der Waals surface area (Å²) >= 11 is 3.11. The molecule has 0 atom stereocenters. The van der Waals surface area contributed by atoms with Crippen molar-refractivity contribution >= 4 is 27.3 Å². The zero-order valence-corrected chi connectivity index (χ0v) is 11.2. The fraction of sp³-hybridized carbons (Fsp3) is 0.455. The van der Waals surface area contributed by atoms with Crippen molar-refractivity contribution in [3.63, 3.8) is 0 Å². The van der Waals surface area contributed by atoms with Gasteiger partial charge >= 0.3 is 0 Å². The largest absolute Gasteiger partial charge is 0.397 e. The van der Waals surface area contributed by atoms with Crippen LogP contribution in [0.5, 0.6) is 0 Å². The molecule has 5 heteroatoms. The SMILES string of the molecule is CN(CC(C)(C)O)c1cc(Br)c(F)cc1N. The number of nitrogen functional groups attached to an aromatic ring is 1. The summed E-state index contributed by atoms with van der Waals surface area (Å²) in [7, 11) is 1.80. The molecule has 90 valence electrons. The molecular formula is C11H16BrFN2O. The summed E-state index contributed by atoms with van der Waals surface area (Å²) in [6, 6.07) is 2.87. The normalized spacial score (nSPS) is 11.6. The van der Waals surface area contributed by atoms with E-state index in [0.29, 0.717) is 22.4 Å². The quantitative estimate of drug-likeness (QED) is 0.841. The summed E-state index contributed by atoms with van der Waals surface area (Å²) in [6.07, 6.45) is 0. The minimum atomic E-state index is -0.831. The van der Waals surface area contributed by atoms with Crippen molar-refractivity contribution in [1.82, 2.24) is 0 Å². The van der Waals surface area contributed by atoms with E-state index in [1.54, 1.807) is 31.9 Å².